The first-order valence-corrected chi connectivity index (χ1v) is 9.63. The highest BCUT2D eigenvalue weighted by atomic mass is 32.1. The van der Waals surface area contributed by atoms with Crippen molar-refractivity contribution in [2.45, 2.75) is 32.2 Å². The van der Waals surface area contributed by atoms with E-state index in [9.17, 15) is 0 Å². The predicted molar refractivity (Wildman–Crippen MR) is 101 cm³/mol. The lowest BCUT2D eigenvalue weighted by Gasteiger charge is -2.32. The minimum atomic E-state index is 0.352. The molecule has 1 aliphatic rings. The Morgan fingerprint density at radius 3 is 2.85 bits per heavy atom. The molecule has 1 saturated heterocycles. The van der Waals surface area contributed by atoms with Gasteiger partial charge in [-0.3, -0.25) is 14.9 Å². The van der Waals surface area contributed by atoms with Gasteiger partial charge in [0.2, 0.25) is 0 Å². The van der Waals surface area contributed by atoms with E-state index in [0.29, 0.717) is 11.7 Å². The van der Waals surface area contributed by atoms with Crippen LogP contribution in [0.4, 0.5) is 11.6 Å². The van der Waals surface area contributed by atoms with Crippen LogP contribution in [0.1, 0.15) is 35.0 Å². The molecule has 0 amide bonds. The van der Waals surface area contributed by atoms with Crippen LogP contribution in [0.25, 0.3) is 0 Å². The Kier molecular flexibility index (Phi) is 5.12. The number of anilines is 2. The van der Waals surface area contributed by atoms with Crippen LogP contribution in [0, 0.1) is 6.92 Å². The van der Waals surface area contributed by atoms with Gasteiger partial charge < -0.3 is 5.32 Å². The Balaban J connectivity index is 1.51. The standard InChI is InChI=1S/C18H21N7S/c1-13-15(26-12-23-13)11-25-8-2-3-14(10-25)17-18(22-7-6-21-17)24-16-9-19-4-5-20-16/h4-7,9,12,14H,2-3,8,10-11H2,1H3,(H,20,22,24)/t14-/m1/s1. The van der Waals surface area contributed by atoms with Gasteiger partial charge in [-0.05, 0) is 26.3 Å². The van der Waals surface area contributed by atoms with Crippen molar-refractivity contribution >= 4 is 23.0 Å². The first-order valence-electron chi connectivity index (χ1n) is 8.75. The van der Waals surface area contributed by atoms with Gasteiger partial charge in [0.25, 0.3) is 0 Å². The molecule has 1 fully saturated rings. The topological polar surface area (TPSA) is 79.7 Å². The van der Waals surface area contributed by atoms with Crippen molar-refractivity contribution in [1.29, 1.82) is 0 Å². The molecule has 1 N–H and O–H groups in total. The third-order valence-electron chi connectivity index (χ3n) is 4.64. The molecule has 7 nitrogen and oxygen atoms in total. The molecule has 0 radical (unpaired) electrons. The average molecular weight is 367 g/mol. The van der Waals surface area contributed by atoms with Crippen molar-refractivity contribution in [1.82, 2.24) is 29.8 Å². The molecule has 0 saturated carbocycles. The second-order valence-electron chi connectivity index (χ2n) is 6.44. The molecular formula is C18H21N7S. The average Bonchev–Trinajstić information content (AvgIpc) is 3.08. The van der Waals surface area contributed by atoms with Gasteiger partial charge in [-0.25, -0.2) is 15.0 Å². The third-order valence-corrected chi connectivity index (χ3v) is 5.56. The summed E-state index contributed by atoms with van der Waals surface area (Å²) < 4.78 is 0. The van der Waals surface area contributed by atoms with Gasteiger partial charge in [0.15, 0.2) is 5.82 Å². The maximum absolute atomic E-state index is 4.64. The van der Waals surface area contributed by atoms with Gasteiger partial charge in [0, 0.05) is 48.7 Å². The van der Waals surface area contributed by atoms with E-state index in [1.54, 1.807) is 42.3 Å². The van der Waals surface area contributed by atoms with E-state index in [1.165, 1.54) is 4.88 Å². The summed E-state index contributed by atoms with van der Waals surface area (Å²) in [6.45, 7) is 5.13. The van der Waals surface area contributed by atoms with Crippen LogP contribution in [0.5, 0.6) is 0 Å². The van der Waals surface area contributed by atoms with Gasteiger partial charge in [-0.1, -0.05) is 0 Å². The van der Waals surface area contributed by atoms with E-state index in [-0.39, 0.29) is 0 Å². The number of likely N-dealkylation sites (tertiary alicyclic amines) is 1. The lowest BCUT2D eigenvalue weighted by molar-refractivity contribution is 0.200. The lowest BCUT2D eigenvalue weighted by Crippen LogP contribution is -2.34. The lowest BCUT2D eigenvalue weighted by atomic mass is 9.94. The van der Waals surface area contributed by atoms with Crippen molar-refractivity contribution in [2.24, 2.45) is 0 Å². The molecule has 134 valence electrons. The highest BCUT2D eigenvalue weighted by Gasteiger charge is 2.25. The number of aryl methyl sites for hydroxylation is 1. The minimum absolute atomic E-state index is 0.352. The fraction of sp³-hybridized carbons (Fsp3) is 0.389. The van der Waals surface area contributed by atoms with Crippen LogP contribution >= 0.6 is 11.3 Å². The van der Waals surface area contributed by atoms with Crippen molar-refractivity contribution in [2.75, 3.05) is 18.4 Å². The zero-order chi connectivity index (χ0) is 17.8. The van der Waals surface area contributed by atoms with E-state index in [2.05, 4.69) is 42.1 Å². The first kappa shape index (κ1) is 17.0. The van der Waals surface area contributed by atoms with E-state index < -0.39 is 0 Å². The number of piperidine rings is 1. The van der Waals surface area contributed by atoms with E-state index >= 15 is 0 Å². The Hall–Kier alpha value is -2.45. The zero-order valence-corrected chi connectivity index (χ0v) is 15.5. The Bertz CT molecular complexity index is 852. The van der Waals surface area contributed by atoms with Crippen LogP contribution in [-0.2, 0) is 6.54 Å². The van der Waals surface area contributed by atoms with Crippen LogP contribution < -0.4 is 5.32 Å². The first-order chi connectivity index (χ1) is 12.8. The summed E-state index contributed by atoms with van der Waals surface area (Å²) >= 11 is 1.74. The molecule has 26 heavy (non-hydrogen) atoms. The molecule has 1 atom stereocenters. The molecule has 0 aliphatic carbocycles. The molecule has 3 aromatic rings. The monoisotopic (exact) mass is 367 g/mol. The largest absolute Gasteiger partial charge is 0.322 e. The van der Waals surface area contributed by atoms with Gasteiger partial charge >= 0.3 is 0 Å². The van der Waals surface area contributed by atoms with E-state index in [0.717, 1.165) is 49.7 Å². The molecule has 0 spiro atoms. The maximum atomic E-state index is 4.64. The van der Waals surface area contributed by atoms with Gasteiger partial charge in [-0.15, -0.1) is 11.3 Å². The van der Waals surface area contributed by atoms with Crippen molar-refractivity contribution in [3.8, 4) is 0 Å². The van der Waals surface area contributed by atoms with Crippen LogP contribution in [-0.4, -0.2) is 42.9 Å². The minimum Gasteiger partial charge on any atom is -0.322 e. The van der Waals surface area contributed by atoms with Crippen molar-refractivity contribution in [3.05, 3.63) is 52.8 Å². The number of hydrogen-bond acceptors (Lipinski definition) is 8. The smallest absolute Gasteiger partial charge is 0.153 e. The summed E-state index contributed by atoms with van der Waals surface area (Å²) in [5, 5.41) is 3.27. The Morgan fingerprint density at radius 1 is 1.15 bits per heavy atom. The summed E-state index contributed by atoms with van der Waals surface area (Å²) in [4.78, 5) is 25.7. The fourth-order valence-corrected chi connectivity index (χ4v) is 4.15. The highest BCUT2D eigenvalue weighted by Crippen LogP contribution is 2.31. The summed E-state index contributed by atoms with van der Waals surface area (Å²) in [6, 6.07) is 0. The number of aromatic nitrogens is 5. The quantitative estimate of drug-likeness (QED) is 0.742. The number of rotatable bonds is 5. The molecular weight excluding hydrogens is 346 g/mol. The maximum Gasteiger partial charge on any atom is 0.153 e. The highest BCUT2D eigenvalue weighted by molar-refractivity contribution is 7.09. The molecule has 4 rings (SSSR count). The third kappa shape index (κ3) is 3.86. The second-order valence-corrected chi connectivity index (χ2v) is 7.38. The Labute approximate surface area is 156 Å². The SMILES string of the molecule is Cc1ncsc1CN1CCC[C@@H](c2nccnc2Nc2cnccn2)C1. The molecule has 3 aromatic heterocycles. The normalized spacial score (nSPS) is 18.0. The molecule has 1 aliphatic heterocycles. The van der Waals surface area contributed by atoms with Gasteiger partial charge in [-0.2, -0.15) is 0 Å². The van der Waals surface area contributed by atoms with Gasteiger partial charge in [0.05, 0.1) is 23.1 Å². The number of nitrogens with one attached hydrogen (secondary N) is 1. The predicted octanol–water partition coefficient (Wildman–Crippen LogP) is 3.15. The summed E-state index contributed by atoms with van der Waals surface area (Å²) in [5.41, 5.74) is 4.07. The summed E-state index contributed by atoms with van der Waals surface area (Å²) in [7, 11) is 0. The molecule has 0 unspecified atom stereocenters. The number of thiazole rings is 1. The number of hydrogen-bond donors (Lipinski definition) is 1. The van der Waals surface area contributed by atoms with Crippen molar-refractivity contribution in [3.63, 3.8) is 0 Å². The second kappa shape index (κ2) is 7.84. The fourth-order valence-electron chi connectivity index (χ4n) is 3.33. The van der Waals surface area contributed by atoms with Crippen LogP contribution in [0.2, 0.25) is 0 Å². The number of nitrogens with zero attached hydrogens (tertiary/aromatic N) is 6. The zero-order valence-electron chi connectivity index (χ0n) is 14.7. The summed E-state index contributed by atoms with van der Waals surface area (Å²) in [5.74, 6) is 1.81. The van der Waals surface area contributed by atoms with E-state index in [1.807, 2.05) is 5.51 Å². The molecule has 4 heterocycles. The molecule has 8 heteroatoms. The molecule has 0 aromatic carbocycles. The Morgan fingerprint density at radius 2 is 2.04 bits per heavy atom. The molecule has 0 bridgehead atoms. The van der Waals surface area contributed by atoms with Gasteiger partial charge in [0.1, 0.15) is 5.82 Å². The summed E-state index contributed by atoms with van der Waals surface area (Å²) in [6.07, 6.45) is 10.8. The van der Waals surface area contributed by atoms with Crippen LogP contribution in [0.15, 0.2) is 36.5 Å². The van der Waals surface area contributed by atoms with Crippen molar-refractivity contribution < 1.29 is 0 Å². The van der Waals surface area contributed by atoms with Crippen LogP contribution in [0.3, 0.4) is 0 Å². The van der Waals surface area contributed by atoms with E-state index in [4.69, 9.17) is 0 Å².